The van der Waals surface area contributed by atoms with Gasteiger partial charge in [0.15, 0.2) is 5.82 Å². The van der Waals surface area contributed by atoms with E-state index in [1.807, 2.05) is 47.8 Å². The maximum Gasteiger partial charge on any atom is 0.291 e. The molecule has 2 aromatic heterocycles. The van der Waals surface area contributed by atoms with Crippen LogP contribution < -0.4 is 11.1 Å². The highest BCUT2D eigenvalue weighted by atomic mass is 32.1. The van der Waals surface area contributed by atoms with Gasteiger partial charge in [-0.05, 0) is 48.9 Å². The van der Waals surface area contributed by atoms with Crippen LogP contribution in [-0.2, 0) is 0 Å². The number of nitrogens with one attached hydrogen (secondary N) is 1. The van der Waals surface area contributed by atoms with Crippen molar-refractivity contribution >= 4 is 17.2 Å². The van der Waals surface area contributed by atoms with Gasteiger partial charge in [0.05, 0.1) is 10.6 Å². The molecule has 1 aromatic carbocycles. The van der Waals surface area contributed by atoms with Crippen LogP contribution in [0.3, 0.4) is 0 Å². The van der Waals surface area contributed by atoms with Crippen molar-refractivity contribution in [3.8, 4) is 16.4 Å². The Morgan fingerprint density at radius 3 is 2.81 bits per heavy atom. The average molecular weight is 367 g/mol. The van der Waals surface area contributed by atoms with E-state index in [-0.39, 0.29) is 17.8 Å². The summed E-state index contributed by atoms with van der Waals surface area (Å²) >= 11 is 1.58. The van der Waals surface area contributed by atoms with Crippen LogP contribution in [0.2, 0.25) is 0 Å². The summed E-state index contributed by atoms with van der Waals surface area (Å²) in [4.78, 5) is 18.3. The summed E-state index contributed by atoms with van der Waals surface area (Å²) in [6.07, 6.45) is 3.12. The van der Waals surface area contributed by atoms with Crippen molar-refractivity contribution in [3.63, 3.8) is 0 Å². The molecule has 1 aliphatic carbocycles. The molecule has 0 radical (unpaired) electrons. The van der Waals surface area contributed by atoms with Gasteiger partial charge in [-0.1, -0.05) is 30.7 Å². The summed E-state index contributed by atoms with van der Waals surface area (Å²) in [5.74, 6) is 0.979. The number of nitrogens with zero attached hydrogens (tertiary/aromatic N) is 3. The molecule has 134 valence electrons. The largest absolute Gasteiger partial charge is 0.346 e. The number of hydrogen-bond acceptors (Lipinski definition) is 5. The summed E-state index contributed by atoms with van der Waals surface area (Å²) < 4.78 is 1.73. The zero-order valence-corrected chi connectivity index (χ0v) is 15.2. The number of benzene rings is 1. The van der Waals surface area contributed by atoms with Gasteiger partial charge < -0.3 is 11.1 Å². The molecule has 2 unspecified atom stereocenters. The number of amides is 1. The van der Waals surface area contributed by atoms with E-state index in [2.05, 4.69) is 15.4 Å². The third kappa shape index (κ3) is 3.27. The van der Waals surface area contributed by atoms with Gasteiger partial charge in [-0.2, -0.15) is 0 Å². The van der Waals surface area contributed by atoms with Gasteiger partial charge in [-0.3, -0.25) is 4.79 Å². The van der Waals surface area contributed by atoms with Crippen LogP contribution in [0.15, 0.2) is 47.8 Å². The van der Waals surface area contributed by atoms with Gasteiger partial charge in [0.25, 0.3) is 5.91 Å². The molecule has 4 rings (SSSR count). The van der Waals surface area contributed by atoms with E-state index in [0.29, 0.717) is 18.3 Å². The van der Waals surface area contributed by atoms with Crippen molar-refractivity contribution < 1.29 is 4.79 Å². The first-order chi connectivity index (χ1) is 12.8. The maximum atomic E-state index is 12.7. The fourth-order valence-corrected chi connectivity index (χ4v) is 4.16. The standard InChI is InChI=1S/C19H21N5OS/c20-12-13-6-4-9-15(13)21-19(25)17-22-18(16-10-5-11-26-16)24(23-17)14-7-2-1-3-8-14/h1-3,5,7-8,10-11,13,15H,4,6,9,12,20H2,(H,21,25). The van der Waals surface area contributed by atoms with Gasteiger partial charge in [0.2, 0.25) is 5.82 Å². The molecule has 7 heteroatoms. The molecule has 1 saturated carbocycles. The Hall–Kier alpha value is -2.51. The van der Waals surface area contributed by atoms with Crippen LogP contribution in [-0.4, -0.2) is 33.3 Å². The second kappa shape index (κ2) is 7.39. The Balaban J connectivity index is 1.66. The van der Waals surface area contributed by atoms with E-state index < -0.39 is 0 Å². The highest BCUT2D eigenvalue weighted by molar-refractivity contribution is 7.13. The number of hydrogen-bond donors (Lipinski definition) is 2. The highest BCUT2D eigenvalue weighted by Gasteiger charge is 2.29. The summed E-state index contributed by atoms with van der Waals surface area (Å²) in [7, 11) is 0. The molecule has 0 spiro atoms. The number of aromatic nitrogens is 3. The lowest BCUT2D eigenvalue weighted by atomic mass is 10.0. The SMILES string of the molecule is NCC1CCCC1NC(=O)c1nc(-c2cccs2)n(-c2ccccc2)n1. The molecule has 0 aliphatic heterocycles. The Kier molecular flexibility index (Phi) is 4.81. The van der Waals surface area contributed by atoms with Crippen LogP contribution in [0.5, 0.6) is 0 Å². The van der Waals surface area contributed by atoms with Gasteiger partial charge in [0, 0.05) is 6.04 Å². The predicted molar refractivity (Wildman–Crippen MR) is 102 cm³/mol. The Labute approximate surface area is 156 Å². The molecule has 3 N–H and O–H groups in total. The molecule has 1 fully saturated rings. The zero-order valence-electron chi connectivity index (χ0n) is 14.3. The number of carbonyl (C=O) groups excluding carboxylic acids is 1. The maximum absolute atomic E-state index is 12.7. The second-order valence-electron chi connectivity index (χ2n) is 6.49. The number of rotatable bonds is 5. The molecule has 0 saturated heterocycles. The summed E-state index contributed by atoms with van der Waals surface area (Å²) in [5.41, 5.74) is 6.70. The van der Waals surface area contributed by atoms with Gasteiger partial charge >= 0.3 is 0 Å². The number of carbonyl (C=O) groups is 1. The van der Waals surface area contributed by atoms with Crippen molar-refractivity contribution in [2.75, 3.05) is 6.54 Å². The van der Waals surface area contributed by atoms with Crippen LogP contribution in [0.25, 0.3) is 16.4 Å². The van der Waals surface area contributed by atoms with E-state index in [0.717, 1.165) is 29.8 Å². The topological polar surface area (TPSA) is 85.8 Å². The Morgan fingerprint density at radius 2 is 2.08 bits per heavy atom. The molecule has 1 amide bonds. The fourth-order valence-electron chi connectivity index (χ4n) is 3.46. The van der Waals surface area contributed by atoms with Crippen molar-refractivity contribution in [2.24, 2.45) is 11.7 Å². The monoisotopic (exact) mass is 367 g/mol. The molecule has 1 aliphatic rings. The Bertz CT molecular complexity index is 875. The summed E-state index contributed by atoms with van der Waals surface area (Å²) in [5, 5.41) is 9.57. The van der Waals surface area contributed by atoms with E-state index in [1.165, 1.54) is 0 Å². The van der Waals surface area contributed by atoms with Gasteiger partial charge in [-0.25, -0.2) is 9.67 Å². The number of nitrogens with two attached hydrogens (primary N) is 1. The minimum Gasteiger partial charge on any atom is -0.346 e. The van der Waals surface area contributed by atoms with E-state index in [4.69, 9.17) is 5.73 Å². The minimum absolute atomic E-state index is 0.112. The van der Waals surface area contributed by atoms with E-state index in [1.54, 1.807) is 16.0 Å². The molecular formula is C19H21N5OS. The zero-order chi connectivity index (χ0) is 17.9. The minimum atomic E-state index is -0.233. The van der Waals surface area contributed by atoms with Crippen LogP contribution in [0.1, 0.15) is 29.9 Å². The fraction of sp³-hybridized carbons (Fsp3) is 0.316. The molecule has 2 heterocycles. The predicted octanol–water partition coefficient (Wildman–Crippen LogP) is 2.85. The Morgan fingerprint density at radius 1 is 1.23 bits per heavy atom. The molecule has 26 heavy (non-hydrogen) atoms. The lowest BCUT2D eigenvalue weighted by molar-refractivity contribution is 0.0918. The van der Waals surface area contributed by atoms with Crippen molar-refractivity contribution in [2.45, 2.75) is 25.3 Å². The van der Waals surface area contributed by atoms with Crippen LogP contribution >= 0.6 is 11.3 Å². The third-order valence-electron chi connectivity index (χ3n) is 4.83. The number of thiophene rings is 1. The molecule has 2 atom stereocenters. The van der Waals surface area contributed by atoms with Crippen molar-refractivity contribution in [1.29, 1.82) is 0 Å². The van der Waals surface area contributed by atoms with Gasteiger partial charge in [0.1, 0.15) is 0 Å². The third-order valence-corrected chi connectivity index (χ3v) is 5.70. The number of para-hydroxylation sites is 1. The van der Waals surface area contributed by atoms with Crippen LogP contribution in [0, 0.1) is 5.92 Å². The first-order valence-electron chi connectivity index (χ1n) is 8.83. The molecule has 3 aromatic rings. The van der Waals surface area contributed by atoms with Crippen molar-refractivity contribution in [1.82, 2.24) is 20.1 Å². The van der Waals surface area contributed by atoms with Gasteiger partial charge in [-0.15, -0.1) is 16.4 Å². The highest BCUT2D eigenvalue weighted by Crippen LogP contribution is 2.27. The second-order valence-corrected chi connectivity index (χ2v) is 7.44. The first-order valence-corrected chi connectivity index (χ1v) is 9.71. The molecule has 0 bridgehead atoms. The van der Waals surface area contributed by atoms with Crippen LogP contribution in [0.4, 0.5) is 0 Å². The lowest BCUT2D eigenvalue weighted by Crippen LogP contribution is -2.40. The molecule has 6 nitrogen and oxygen atoms in total. The van der Waals surface area contributed by atoms with E-state index in [9.17, 15) is 4.79 Å². The smallest absolute Gasteiger partial charge is 0.291 e. The summed E-state index contributed by atoms with van der Waals surface area (Å²) in [6.45, 7) is 0.595. The normalized spacial score (nSPS) is 19.6. The van der Waals surface area contributed by atoms with Crippen molar-refractivity contribution in [3.05, 3.63) is 53.7 Å². The average Bonchev–Trinajstić information content (AvgIpc) is 3.42. The molecular weight excluding hydrogens is 346 g/mol. The lowest BCUT2D eigenvalue weighted by Gasteiger charge is -2.18. The quantitative estimate of drug-likeness (QED) is 0.726. The van der Waals surface area contributed by atoms with E-state index >= 15 is 0 Å². The summed E-state index contributed by atoms with van der Waals surface area (Å²) in [6, 6.07) is 13.8. The first kappa shape index (κ1) is 16.9.